The highest BCUT2D eigenvalue weighted by Gasteiger charge is 2.33. The van der Waals surface area contributed by atoms with E-state index in [1.54, 1.807) is 4.90 Å². The van der Waals surface area contributed by atoms with Gasteiger partial charge in [-0.2, -0.15) is 4.31 Å². The third-order valence-corrected chi connectivity index (χ3v) is 5.88. The molecule has 0 saturated carbocycles. The highest BCUT2D eigenvalue weighted by atomic mass is 35.5. The second-order valence-electron chi connectivity index (χ2n) is 6.52. The second kappa shape index (κ2) is 6.37. The van der Waals surface area contributed by atoms with Gasteiger partial charge in [-0.25, -0.2) is 12.8 Å². The number of piperazine rings is 1. The molecule has 0 bridgehead atoms. The van der Waals surface area contributed by atoms with Gasteiger partial charge in [0.2, 0.25) is 15.9 Å². The molecule has 0 N–H and O–H groups in total. The van der Waals surface area contributed by atoms with Gasteiger partial charge >= 0.3 is 0 Å². The number of carbonyl (C=O) groups is 1. The third kappa shape index (κ3) is 3.84. The lowest BCUT2D eigenvalue weighted by Crippen LogP contribution is -2.52. The van der Waals surface area contributed by atoms with Crippen LogP contribution in [0.25, 0.3) is 0 Å². The summed E-state index contributed by atoms with van der Waals surface area (Å²) in [4.78, 5) is 13.9. The van der Waals surface area contributed by atoms with Gasteiger partial charge in [0.1, 0.15) is 5.82 Å². The van der Waals surface area contributed by atoms with E-state index in [4.69, 9.17) is 11.6 Å². The van der Waals surface area contributed by atoms with E-state index in [0.717, 1.165) is 12.1 Å². The maximum atomic E-state index is 13.2. The van der Waals surface area contributed by atoms with Crippen LogP contribution in [0.15, 0.2) is 23.1 Å². The number of amides is 1. The van der Waals surface area contributed by atoms with Crippen molar-refractivity contribution in [3.05, 3.63) is 29.0 Å². The molecule has 2 rings (SSSR count). The Hall–Kier alpha value is -1.18. The Bertz CT molecular complexity index is 708. The molecule has 0 atom stereocenters. The molecule has 0 aromatic heterocycles. The Kier molecular flexibility index (Phi) is 5.03. The molecule has 0 aliphatic carbocycles. The lowest BCUT2D eigenvalue weighted by Gasteiger charge is -2.37. The minimum Gasteiger partial charge on any atom is -0.340 e. The lowest BCUT2D eigenvalue weighted by atomic mass is 9.94. The number of rotatable bonds is 2. The summed E-state index contributed by atoms with van der Waals surface area (Å²) < 4.78 is 39.6. The smallest absolute Gasteiger partial charge is 0.243 e. The van der Waals surface area contributed by atoms with E-state index in [9.17, 15) is 17.6 Å². The normalized spacial score (nSPS) is 17.3. The monoisotopic (exact) mass is 362 g/mol. The number of hydrogen-bond acceptors (Lipinski definition) is 3. The molecule has 1 fully saturated rings. The highest BCUT2D eigenvalue weighted by molar-refractivity contribution is 7.89. The van der Waals surface area contributed by atoms with Crippen LogP contribution in [0.3, 0.4) is 0 Å². The zero-order chi connectivity index (χ0) is 17.4. The van der Waals surface area contributed by atoms with Gasteiger partial charge < -0.3 is 4.90 Å². The number of sulfonamides is 1. The Morgan fingerprint density at radius 2 is 1.74 bits per heavy atom. The van der Waals surface area contributed by atoms with Crippen LogP contribution in [0.2, 0.25) is 5.02 Å². The van der Waals surface area contributed by atoms with E-state index in [-0.39, 0.29) is 28.9 Å². The van der Waals surface area contributed by atoms with E-state index >= 15 is 0 Å². The first-order chi connectivity index (χ1) is 10.5. The van der Waals surface area contributed by atoms with Crippen LogP contribution in [0.4, 0.5) is 4.39 Å². The molecule has 1 aliphatic rings. The van der Waals surface area contributed by atoms with Gasteiger partial charge in [-0.1, -0.05) is 32.4 Å². The first-order valence-electron chi connectivity index (χ1n) is 7.28. The molecule has 1 amide bonds. The second-order valence-corrected chi connectivity index (χ2v) is 8.87. The van der Waals surface area contributed by atoms with Crippen molar-refractivity contribution in [2.45, 2.75) is 25.7 Å². The van der Waals surface area contributed by atoms with Crippen molar-refractivity contribution in [2.24, 2.45) is 5.41 Å². The van der Waals surface area contributed by atoms with Crippen LogP contribution < -0.4 is 0 Å². The van der Waals surface area contributed by atoms with Crippen LogP contribution in [-0.4, -0.2) is 49.7 Å². The van der Waals surface area contributed by atoms with Crippen molar-refractivity contribution in [1.29, 1.82) is 0 Å². The molecule has 5 nitrogen and oxygen atoms in total. The molecule has 1 aromatic rings. The average Bonchev–Trinajstić information content (AvgIpc) is 2.48. The minimum atomic E-state index is -3.74. The van der Waals surface area contributed by atoms with Gasteiger partial charge in [0.25, 0.3) is 0 Å². The number of carbonyl (C=O) groups excluding carboxylic acids is 1. The maximum absolute atomic E-state index is 13.2. The minimum absolute atomic E-state index is 0.000579. The standard InChI is InChI=1S/C15H20ClFN2O3S/c1-15(2,3)14(20)18-6-8-19(9-7-18)23(21,22)11-4-5-13(17)12(16)10-11/h4-5,10H,6-9H2,1-3H3. The molecule has 8 heteroatoms. The number of hydrogen-bond donors (Lipinski definition) is 0. The molecular formula is C15H20ClFN2O3S. The highest BCUT2D eigenvalue weighted by Crippen LogP contribution is 2.24. The zero-order valence-electron chi connectivity index (χ0n) is 13.3. The number of benzene rings is 1. The summed E-state index contributed by atoms with van der Waals surface area (Å²) in [5, 5.41) is -0.229. The van der Waals surface area contributed by atoms with Gasteiger partial charge in [0.05, 0.1) is 9.92 Å². The Balaban J connectivity index is 2.12. The predicted molar refractivity (Wildman–Crippen MR) is 86.2 cm³/mol. The molecule has 0 radical (unpaired) electrons. The molecular weight excluding hydrogens is 343 g/mol. The van der Waals surface area contributed by atoms with Gasteiger partial charge in [-0.15, -0.1) is 0 Å². The molecule has 0 spiro atoms. The number of halogens is 2. The molecule has 1 aromatic carbocycles. The van der Waals surface area contributed by atoms with Crippen molar-refractivity contribution in [1.82, 2.24) is 9.21 Å². The van der Waals surface area contributed by atoms with E-state index < -0.39 is 21.3 Å². The molecule has 23 heavy (non-hydrogen) atoms. The van der Waals surface area contributed by atoms with Crippen LogP contribution in [0, 0.1) is 11.2 Å². The fourth-order valence-electron chi connectivity index (χ4n) is 2.39. The summed E-state index contributed by atoms with van der Waals surface area (Å²) in [6.45, 7) is 6.59. The van der Waals surface area contributed by atoms with Crippen molar-refractivity contribution < 1.29 is 17.6 Å². The summed E-state index contributed by atoms with van der Waals surface area (Å²) in [6.07, 6.45) is 0. The predicted octanol–water partition coefficient (Wildman–Crippen LogP) is 2.36. The average molecular weight is 363 g/mol. The van der Waals surface area contributed by atoms with E-state index in [1.165, 1.54) is 10.4 Å². The topological polar surface area (TPSA) is 57.7 Å². The number of nitrogens with zero attached hydrogens (tertiary/aromatic N) is 2. The van der Waals surface area contributed by atoms with Crippen LogP contribution in [0.1, 0.15) is 20.8 Å². The van der Waals surface area contributed by atoms with E-state index in [0.29, 0.717) is 13.1 Å². The molecule has 1 heterocycles. The summed E-state index contributed by atoms with van der Waals surface area (Å²) in [5.74, 6) is -0.661. The lowest BCUT2D eigenvalue weighted by molar-refractivity contribution is -0.140. The molecule has 1 saturated heterocycles. The Morgan fingerprint density at radius 3 is 2.22 bits per heavy atom. The SMILES string of the molecule is CC(C)(C)C(=O)N1CCN(S(=O)(=O)c2ccc(F)c(Cl)c2)CC1. The summed E-state index contributed by atoms with van der Waals surface area (Å²) in [7, 11) is -3.74. The van der Waals surface area contributed by atoms with Crippen molar-refractivity contribution in [3.8, 4) is 0 Å². The van der Waals surface area contributed by atoms with Gasteiger partial charge in [0, 0.05) is 31.6 Å². The van der Waals surface area contributed by atoms with Gasteiger partial charge in [-0.3, -0.25) is 4.79 Å². The van der Waals surface area contributed by atoms with Crippen molar-refractivity contribution in [2.75, 3.05) is 26.2 Å². The quantitative estimate of drug-likeness (QED) is 0.811. The van der Waals surface area contributed by atoms with Gasteiger partial charge in [-0.05, 0) is 18.2 Å². The zero-order valence-corrected chi connectivity index (χ0v) is 14.9. The molecule has 128 valence electrons. The fraction of sp³-hybridized carbons (Fsp3) is 0.533. The Morgan fingerprint density at radius 1 is 1.17 bits per heavy atom. The van der Waals surface area contributed by atoms with Gasteiger partial charge in [0.15, 0.2) is 0 Å². The Labute approximate surface area is 141 Å². The molecule has 1 aliphatic heterocycles. The van der Waals surface area contributed by atoms with Crippen LogP contribution in [-0.2, 0) is 14.8 Å². The third-order valence-electron chi connectivity index (χ3n) is 3.70. The van der Waals surface area contributed by atoms with Crippen LogP contribution in [0.5, 0.6) is 0 Å². The van der Waals surface area contributed by atoms with Crippen LogP contribution >= 0.6 is 11.6 Å². The fourth-order valence-corrected chi connectivity index (χ4v) is 4.09. The summed E-state index contributed by atoms with van der Waals surface area (Å²) in [5.41, 5.74) is -0.495. The van der Waals surface area contributed by atoms with Crippen molar-refractivity contribution in [3.63, 3.8) is 0 Å². The largest absolute Gasteiger partial charge is 0.340 e. The van der Waals surface area contributed by atoms with Crippen molar-refractivity contribution >= 4 is 27.5 Å². The maximum Gasteiger partial charge on any atom is 0.243 e. The molecule has 0 unspecified atom stereocenters. The first-order valence-corrected chi connectivity index (χ1v) is 9.10. The summed E-state index contributed by atoms with van der Waals surface area (Å²) >= 11 is 5.66. The van der Waals surface area contributed by atoms with E-state index in [2.05, 4.69) is 0 Å². The first kappa shape index (κ1) is 18.2. The van der Waals surface area contributed by atoms with E-state index in [1.807, 2.05) is 20.8 Å². The summed E-state index contributed by atoms with van der Waals surface area (Å²) in [6, 6.07) is 3.34.